The highest BCUT2D eigenvalue weighted by atomic mass is 16.1. The van der Waals surface area contributed by atoms with Gasteiger partial charge in [-0.3, -0.25) is 9.78 Å². The molecule has 0 saturated heterocycles. The Kier molecular flexibility index (Phi) is 2.63. The summed E-state index contributed by atoms with van der Waals surface area (Å²) in [7, 11) is 0. The van der Waals surface area contributed by atoms with Crippen LogP contribution in [-0.2, 0) is 11.3 Å². The van der Waals surface area contributed by atoms with Crippen LogP contribution in [0.3, 0.4) is 0 Å². The van der Waals surface area contributed by atoms with Crippen LogP contribution in [0.4, 0.5) is 0 Å². The first-order valence-electron chi connectivity index (χ1n) is 4.83. The van der Waals surface area contributed by atoms with Gasteiger partial charge < -0.3 is 5.32 Å². The molecule has 1 heterocycles. The van der Waals surface area contributed by atoms with Crippen molar-refractivity contribution in [1.82, 2.24) is 10.3 Å². The molecule has 1 aromatic carbocycles. The number of hydrogen-bond acceptors (Lipinski definition) is 2. The Morgan fingerprint density at radius 3 is 3.07 bits per heavy atom. The van der Waals surface area contributed by atoms with Crippen molar-refractivity contribution in [2.45, 2.75) is 13.5 Å². The molecule has 0 aliphatic heterocycles. The average Bonchev–Trinajstić information content (AvgIpc) is 2.26. The lowest BCUT2D eigenvalue weighted by Crippen LogP contribution is -2.18. The second-order valence-corrected chi connectivity index (χ2v) is 3.42. The van der Waals surface area contributed by atoms with Crippen LogP contribution in [0, 0.1) is 0 Å². The smallest absolute Gasteiger partial charge is 0.217 e. The zero-order valence-corrected chi connectivity index (χ0v) is 8.53. The SMILES string of the molecule is CC(=O)NCc1cccc2cnccc12. The zero-order valence-electron chi connectivity index (χ0n) is 8.53. The van der Waals surface area contributed by atoms with E-state index in [-0.39, 0.29) is 5.91 Å². The lowest BCUT2D eigenvalue weighted by atomic mass is 10.1. The van der Waals surface area contributed by atoms with Crippen molar-refractivity contribution >= 4 is 16.7 Å². The molecule has 2 aromatic rings. The van der Waals surface area contributed by atoms with Crippen molar-refractivity contribution in [1.29, 1.82) is 0 Å². The number of carbonyl (C=O) groups excluding carboxylic acids is 1. The summed E-state index contributed by atoms with van der Waals surface area (Å²) < 4.78 is 0. The van der Waals surface area contributed by atoms with Crippen LogP contribution in [0.2, 0.25) is 0 Å². The number of nitrogens with one attached hydrogen (secondary N) is 1. The fourth-order valence-corrected chi connectivity index (χ4v) is 1.56. The van der Waals surface area contributed by atoms with Gasteiger partial charge in [-0.1, -0.05) is 18.2 Å². The Balaban J connectivity index is 2.38. The van der Waals surface area contributed by atoms with Crippen LogP contribution in [0.5, 0.6) is 0 Å². The van der Waals surface area contributed by atoms with Crippen LogP contribution >= 0.6 is 0 Å². The highest BCUT2D eigenvalue weighted by Gasteiger charge is 2.00. The summed E-state index contributed by atoms with van der Waals surface area (Å²) in [4.78, 5) is 14.9. The molecule has 0 bridgehead atoms. The van der Waals surface area contributed by atoms with Gasteiger partial charge in [0, 0.05) is 31.2 Å². The molecule has 0 saturated carbocycles. The monoisotopic (exact) mass is 200 g/mol. The Morgan fingerprint density at radius 1 is 1.40 bits per heavy atom. The van der Waals surface area contributed by atoms with Crippen LogP contribution in [0.15, 0.2) is 36.7 Å². The van der Waals surface area contributed by atoms with Gasteiger partial charge in [0.1, 0.15) is 0 Å². The number of pyridine rings is 1. The molecule has 0 aliphatic carbocycles. The zero-order chi connectivity index (χ0) is 10.7. The molecule has 76 valence electrons. The second kappa shape index (κ2) is 4.09. The number of fused-ring (bicyclic) bond motifs is 1. The minimum Gasteiger partial charge on any atom is -0.352 e. The lowest BCUT2D eigenvalue weighted by Gasteiger charge is -2.06. The first kappa shape index (κ1) is 9.65. The van der Waals surface area contributed by atoms with E-state index in [4.69, 9.17) is 0 Å². The average molecular weight is 200 g/mol. The van der Waals surface area contributed by atoms with E-state index in [0.29, 0.717) is 6.54 Å². The Hall–Kier alpha value is -1.90. The van der Waals surface area contributed by atoms with E-state index in [2.05, 4.69) is 10.3 Å². The summed E-state index contributed by atoms with van der Waals surface area (Å²) in [6.07, 6.45) is 3.59. The maximum Gasteiger partial charge on any atom is 0.217 e. The standard InChI is InChI=1S/C12H12N2O/c1-9(15)14-8-11-4-2-3-10-7-13-6-5-12(10)11/h2-7H,8H2,1H3,(H,14,15). The molecular formula is C12H12N2O. The molecule has 3 heteroatoms. The maximum absolute atomic E-state index is 10.8. The minimum atomic E-state index is -0.0129. The van der Waals surface area contributed by atoms with E-state index in [0.717, 1.165) is 16.3 Å². The van der Waals surface area contributed by atoms with Gasteiger partial charge in [-0.2, -0.15) is 0 Å². The van der Waals surface area contributed by atoms with Crippen molar-refractivity contribution in [2.75, 3.05) is 0 Å². The third kappa shape index (κ3) is 2.13. The van der Waals surface area contributed by atoms with Crippen LogP contribution in [0.1, 0.15) is 12.5 Å². The summed E-state index contributed by atoms with van der Waals surface area (Å²) in [6.45, 7) is 2.09. The van der Waals surface area contributed by atoms with E-state index in [9.17, 15) is 4.79 Å². The molecule has 0 radical (unpaired) electrons. The van der Waals surface area contributed by atoms with Crippen molar-refractivity contribution < 1.29 is 4.79 Å². The highest BCUT2D eigenvalue weighted by molar-refractivity contribution is 5.85. The Bertz CT molecular complexity index is 488. The third-order valence-electron chi connectivity index (χ3n) is 2.30. The highest BCUT2D eigenvalue weighted by Crippen LogP contribution is 2.16. The number of nitrogens with zero attached hydrogens (tertiary/aromatic N) is 1. The molecule has 1 amide bonds. The first-order valence-corrected chi connectivity index (χ1v) is 4.83. The van der Waals surface area contributed by atoms with Gasteiger partial charge in [0.25, 0.3) is 0 Å². The molecule has 15 heavy (non-hydrogen) atoms. The van der Waals surface area contributed by atoms with Gasteiger partial charge in [0.15, 0.2) is 0 Å². The van der Waals surface area contributed by atoms with Crippen LogP contribution in [-0.4, -0.2) is 10.9 Å². The summed E-state index contributed by atoms with van der Waals surface area (Å²) in [5.41, 5.74) is 1.12. The van der Waals surface area contributed by atoms with E-state index >= 15 is 0 Å². The molecule has 3 nitrogen and oxygen atoms in total. The second-order valence-electron chi connectivity index (χ2n) is 3.42. The molecule has 1 aromatic heterocycles. The molecule has 2 rings (SSSR count). The van der Waals surface area contributed by atoms with Gasteiger partial charge in [0.2, 0.25) is 5.91 Å². The molecule has 0 aliphatic rings. The van der Waals surface area contributed by atoms with Gasteiger partial charge >= 0.3 is 0 Å². The molecule has 0 spiro atoms. The van der Waals surface area contributed by atoms with Crippen LogP contribution in [0.25, 0.3) is 10.8 Å². The topological polar surface area (TPSA) is 42.0 Å². The summed E-state index contributed by atoms with van der Waals surface area (Å²) >= 11 is 0. The molecule has 1 N–H and O–H groups in total. The van der Waals surface area contributed by atoms with Crippen molar-refractivity contribution in [2.24, 2.45) is 0 Å². The molecule has 0 unspecified atom stereocenters. The fourth-order valence-electron chi connectivity index (χ4n) is 1.56. The fraction of sp³-hybridized carbons (Fsp3) is 0.167. The number of rotatable bonds is 2. The summed E-state index contributed by atoms with van der Waals surface area (Å²) in [6, 6.07) is 7.96. The Labute approximate surface area is 88.1 Å². The van der Waals surface area contributed by atoms with Gasteiger partial charge in [-0.25, -0.2) is 0 Å². The molecule has 0 fully saturated rings. The molecule has 0 atom stereocenters. The predicted octanol–water partition coefficient (Wildman–Crippen LogP) is 1.87. The van der Waals surface area contributed by atoms with E-state index in [1.54, 1.807) is 6.20 Å². The number of amides is 1. The number of benzene rings is 1. The maximum atomic E-state index is 10.8. The number of aromatic nitrogens is 1. The van der Waals surface area contributed by atoms with E-state index in [1.807, 2.05) is 30.5 Å². The van der Waals surface area contributed by atoms with Crippen molar-refractivity contribution in [3.05, 3.63) is 42.2 Å². The minimum absolute atomic E-state index is 0.0129. The lowest BCUT2D eigenvalue weighted by molar-refractivity contribution is -0.119. The van der Waals surface area contributed by atoms with Gasteiger partial charge in [0.05, 0.1) is 0 Å². The normalized spacial score (nSPS) is 10.2. The first-order chi connectivity index (χ1) is 7.27. The quantitative estimate of drug-likeness (QED) is 0.804. The van der Waals surface area contributed by atoms with E-state index < -0.39 is 0 Å². The molecular weight excluding hydrogens is 188 g/mol. The van der Waals surface area contributed by atoms with Crippen molar-refractivity contribution in [3.63, 3.8) is 0 Å². The van der Waals surface area contributed by atoms with Crippen molar-refractivity contribution in [3.8, 4) is 0 Å². The predicted molar refractivity (Wildman–Crippen MR) is 59.3 cm³/mol. The summed E-state index contributed by atoms with van der Waals surface area (Å²) in [5.74, 6) is -0.0129. The third-order valence-corrected chi connectivity index (χ3v) is 2.30. The van der Waals surface area contributed by atoms with E-state index in [1.165, 1.54) is 6.92 Å². The summed E-state index contributed by atoms with van der Waals surface area (Å²) in [5, 5.41) is 5.03. The largest absolute Gasteiger partial charge is 0.352 e. The number of hydrogen-bond donors (Lipinski definition) is 1. The van der Waals surface area contributed by atoms with Gasteiger partial charge in [-0.05, 0) is 17.0 Å². The van der Waals surface area contributed by atoms with Gasteiger partial charge in [-0.15, -0.1) is 0 Å². The Morgan fingerprint density at radius 2 is 2.27 bits per heavy atom. The van der Waals surface area contributed by atoms with Crippen LogP contribution < -0.4 is 5.32 Å². The number of carbonyl (C=O) groups is 1.